The number of hydrogen-bond donors (Lipinski definition) is 1. The van der Waals surface area contributed by atoms with Crippen LogP contribution in [0.5, 0.6) is 5.75 Å². The number of nitrogens with one attached hydrogen (secondary N) is 1. The van der Waals surface area contributed by atoms with E-state index in [1.54, 1.807) is 13.3 Å². The third-order valence-corrected chi connectivity index (χ3v) is 5.70. The summed E-state index contributed by atoms with van der Waals surface area (Å²) in [4.78, 5) is 12.4. The van der Waals surface area contributed by atoms with Crippen LogP contribution in [0.15, 0.2) is 89.1 Å². The fourth-order valence-electron chi connectivity index (χ4n) is 3.19. The van der Waals surface area contributed by atoms with Crippen LogP contribution in [0.1, 0.15) is 11.1 Å². The van der Waals surface area contributed by atoms with Gasteiger partial charge in [-0.1, -0.05) is 59.8 Å². The third-order valence-electron chi connectivity index (χ3n) is 4.77. The minimum atomic E-state index is -0.225. The molecular formula is C25H23N5O2S. The van der Waals surface area contributed by atoms with Gasteiger partial charge in [-0.25, -0.2) is 5.43 Å². The van der Waals surface area contributed by atoms with Crippen molar-refractivity contribution in [2.24, 2.45) is 5.10 Å². The molecule has 4 rings (SSSR count). The summed E-state index contributed by atoms with van der Waals surface area (Å²) < 4.78 is 7.19. The molecule has 0 saturated carbocycles. The molecule has 0 unspecified atom stereocenters. The van der Waals surface area contributed by atoms with E-state index in [-0.39, 0.29) is 11.7 Å². The van der Waals surface area contributed by atoms with Crippen molar-refractivity contribution in [3.05, 3.63) is 90.0 Å². The van der Waals surface area contributed by atoms with Gasteiger partial charge in [0, 0.05) is 11.3 Å². The molecule has 0 saturated heterocycles. The SMILES string of the molecule is COc1ccc(-c2nnc(SCC(=O)NN=Cc3cccc(C)c3)n2-c2ccccc2)cc1. The predicted octanol–water partition coefficient (Wildman–Crippen LogP) is 4.49. The summed E-state index contributed by atoms with van der Waals surface area (Å²) in [5, 5.41) is 13.4. The summed E-state index contributed by atoms with van der Waals surface area (Å²) in [5.41, 5.74) is 6.43. The molecule has 4 aromatic rings. The fourth-order valence-corrected chi connectivity index (χ4v) is 3.94. The molecule has 3 aromatic carbocycles. The van der Waals surface area contributed by atoms with Crippen LogP contribution >= 0.6 is 11.8 Å². The van der Waals surface area contributed by atoms with E-state index in [0.717, 1.165) is 28.1 Å². The summed E-state index contributed by atoms with van der Waals surface area (Å²) in [6.45, 7) is 2.01. The molecular weight excluding hydrogens is 434 g/mol. The minimum Gasteiger partial charge on any atom is -0.497 e. The summed E-state index contributed by atoms with van der Waals surface area (Å²) in [7, 11) is 1.63. The number of benzene rings is 3. The van der Waals surface area contributed by atoms with Crippen molar-refractivity contribution in [3.63, 3.8) is 0 Å². The number of carbonyl (C=O) groups is 1. The van der Waals surface area contributed by atoms with Crippen molar-refractivity contribution in [1.82, 2.24) is 20.2 Å². The quantitative estimate of drug-likeness (QED) is 0.239. The molecule has 166 valence electrons. The van der Waals surface area contributed by atoms with E-state index in [9.17, 15) is 4.79 Å². The van der Waals surface area contributed by atoms with Crippen LogP contribution in [0.25, 0.3) is 17.1 Å². The van der Waals surface area contributed by atoms with Gasteiger partial charge in [0.1, 0.15) is 5.75 Å². The Bertz CT molecular complexity index is 1250. The molecule has 0 aliphatic rings. The van der Waals surface area contributed by atoms with E-state index >= 15 is 0 Å². The zero-order valence-corrected chi connectivity index (χ0v) is 19.1. The van der Waals surface area contributed by atoms with E-state index in [0.29, 0.717) is 11.0 Å². The molecule has 1 heterocycles. The van der Waals surface area contributed by atoms with Crippen molar-refractivity contribution in [2.75, 3.05) is 12.9 Å². The number of nitrogens with zero attached hydrogens (tertiary/aromatic N) is 4. The molecule has 0 bridgehead atoms. The number of carbonyl (C=O) groups excluding carboxylic acids is 1. The second-order valence-corrected chi connectivity index (χ2v) is 8.14. The number of thioether (sulfide) groups is 1. The molecule has 1 aromatic heterocycles. The monoisotopic (exact) mass is 457 g/mol. The number of hydrazone groups is 1. The average molecular weight is 458 g/mol. The number of amides is 1. The van der Waals surface area contributed by atoms with Gasteiger partial charge in [-0.3, -0.25) is 9.36 Å². The zero-order chi connectivity index (χ0) is 23.0. The normalized spacial score (nSPS) is 11.0. The lowest BCUT2D eigenvalue weighted by molar-refractivity contribution is -0.118. The van der Waals surface area contributed by atoms with Gasteiger partial charge >= 0.3 is 0 Å². The third kappa shape index (κ3) is 5.67. The van der Waals surface area contributed by atoms with Gasteiger partial charge in [-0.2, -0.15) is 5.10 Å². The van der Waals surface area contributed by atoms with Gasteiger partial charge < -0.3 is 4.74 Å². The Morgan fingerprint density at radius 3 is 2.58 bits per heavy atom. The molecule has 0 fully saturated rings. The molecule has 0 atom stereocenters. The van der Waals surface area contributed by atoms with E-state index < -0.39 is 0 Å². The maximum absolute atomic E-state index is 12.4. The van der Waals surface area contributed by atoms with E-state index in [4.69, 9.17) is 4.74 Å². The van der Waals surface area contributed by atoms with Crippen LogP contribution in [0.3, 0.4) is 0 Å². The summed E-state index contributed by atoms with van der Waals surface area (Å²) in [5.74, 6) is 1.38. The van der Waals surface area contributed by atoms with Gasteiger partial charge in [0.15, 0.2) is 11.0 Å². The average Bonchev–Trinajstić information content (AvgIpc) is 3.27. The molecule has 7 nitrogen and oxygen atoms in total. The maximum atomic E-state index is 12.4. The highest BCUT2D eigenvalue weighted by Crippen LogP contribution is 2.28. The van der Waals surface area contributed by atoms with Gasteiger partial charge in [0.05, 0.1) is 19.1 Å². The second-order valence-electron chi connectivity index (χ2n) is 7.20. The van der Waals surface area contributed by atoms with Crippen LogP contribution in [0, 0.1) is 6.92 Å². The lowest BCUT2D eigenvalue weighted by Gasteiger charge is -2.10. The van der Waals surface area contributed by atoms with Crippen molar-refractivity contribution in [3.8, 4) is 22.8 Å². The number of para-hydroxylation sites is 1. The fraction of sp³-hybridized carbons (Fsp3) is 0.120. The molecule has 1 amide bonds. The Hall–Kier alpha value is -3.91. The van der Waals surface area contributed by atoms with E-state index in [2.05, 4.69) is 20.7 Å². The first kappa shape index (κ1) is 22.3. The van der Waals surface area contributed by atoms with Crippen LogP contribution in [-0.2, 0) is 4.79 Å². The van der Waals surface area contributed by atoms with Gasteiger partial charge in [0.2, 0.25) is 0 Å². The molecule has 1 N–H and O–H groups in total. The molecule has 0 aliphatic carbocycles. The Kier molecular flexibility index (Phi) is 7.16. The Morgan fingerprint density at radius 2 is 1.85 bits per heavy atom. The van der Waals surface area contributed by atoms with Crippen LogP contribution < -0.4 is 10.2 Å². The summed E-state index contributed by atoms with van der Waals surface area (Å²) in [6, 6.07) is 25.3. The van der Waals surface area contributed by atoms with Crippen LogP contribution in [0.4, 0.5) is 0 Å². The maximum Gasteiger partial charge on any atom is 0.250 e. The molecule has 0 aliphatic heterocycles. The highest BCUT2D eigenvalue weighted by molar-refractivity contribution is 7.99. The van der Waals surface area contributed by atoms with Gasteiger partial charge in [-0.05, 0) is 48.9 Å². The van der Waals surface area contributed by atoms with E-state index in [1.807, 2.05) is 90.4 Å². The van der Waals surface area contributed by atoms with Gasteiger partial charge in [0.25, 0.3) is 5.91 Å². The largest absolute Gasteiger partial charge is 0.497 e. The van der Waals surface area contributed by atoms with Crippen molar-refractivity contribution in [1.29, 1.82) is 0 Å². The lowest BCUT2D eigenvalue weighted by Crippen LogP contribution is -2.20. The number of aryl methyl sites for hydroxylation is 1. The van der Waals surface area contributed by atoms with Gasteiger partial charge in [-0.15, -0.1) is 10.2 Å². The highest BCUT2D eigenvalue weighted by Gasteiger charge is 2.17. The Balaban J connectivity index is 1.50. The second kappa shape index (κ2) is 10.6. The molecule has 33 heavy (non-hydrogen) atoms. The topological polar surface area (TPSA) is 81.4 Å². The van der Waals surface area contributed by atoms with Crippen molar-refractivity contribution < 1.29 is 9.53 Å². The first-order valence-electron chi connectivity index (χ1n) is 10.3. The first-order chi connectivity index (χ1) is 16.1. The standard InChI is InChI=1S/C25H23N5O2S/c1-18-7-6-8-19(15-18)16-26-27-23(31)17-33-25-29-28-24(20-11-13-22(32-2)14-12-20)30(25)21-9-4-3-5-10-21/h3-16H,17H2,1-2H3,(H,27,31). The lowest BCUT2D eigenvalue weighted by atomic mass is 10.2. The number of ether oxygens (including phenoxy) is 1. The highest BCUT2D eigenvalue weighted by atomic mass is 32.2. The summed E-state index contributed by atoms with van der Waals surface area (Å²) in [6.07, 6.45) is 1.63. The minimum absolute atomic E-state index is 0.152. The number of aromatic nitrogens is 3. The number of methoxy groups -OCH3 is 1. The first-order valence-corrected chi connectivity index (χ1v) is 11.3. The Labute approximate surface area is 196 Å². The summed E-state index contributed by atoms with van der Waals surface area (Å²) >= 11 is 1.30. The van der Waals surface area contributed by atoms with Crippen LogP contribution in [-0.4, -0.2) is 39.7 Å². The Morgan fingerprint density at radius 1 is 1.06 bits per heavy atom. The molecule has 8 heteroatoms. The number of rotatable bonds is 8. The number of hydrogen-bond acceptors (Lipinski definition) is 6. The predicted molar refractivity (Wildman–Crippen MR) is 131 cm³/mol. The molecule has 0 radical (unpaired) electrons. The van der Waals surface area contributed by atoms with E-state index in [1.165, 1.54) is 11.8 Å². The van der Waals surface area contributed by atoms with Crippen molar-refractivity contribution >= 4 is 23.9 Å². The van der Waals surface area contributed by atoms with Crippen molar-refractivity contribution in [2.45, 2.75) is 12.1 Å². The zero-order valence-electron chi connectivity index (χ0n) is 18.3. The smallest absolute Gasteiger partial charge is 0.250 e. The van der Waals surface area contributed by atoms with Crippen LogP contribution in [0.2, 0.25) is 0 Å². The molecule has 0 spiro atoms.